The van der Waals surface area contributed by atoms with Gasteiger partial charge in [-0.3, -0.25) is 33.6 Å². The lowest BCUT2D eigenvalue weighted by Crippen LogP contribution is -2.23. The normalized spacial score (nSPS) is 11.1. The summed E-state index contributed by atoms with van der Waals surface area (Å²) in [6, 6.07) is 56.9. The number of benzene rings is 6. The molecule has 0 bridgehead atoms. The number of ketones is 5. The number of rotatable bonds is 35. The van der Waals surface area contributed by atoms with Gasteiger partial charge in [0.05, 0.1) is 55.0 Å². The van der Waals surface area contributed by atoms with Crippen LogP contribution in [0.1, 0.15) is 42.0 Å². The van der Waals surface area contributed by atoms with Crippen LogP contribution in [0.15, 0.2) is 402 Å². The molecule has 0 atom stereocenters. The van der Waals surface area contributed by atoms with Crippen LogP contribution in [-0.2, 0) is 52.0 Å². The van der Waals surface area contributed by atoms with Crippen LogP contribution in [0.4, 0.5) is 0 Å². The predicted octanol–water partition coefficient (Wildman–Crippen LogP) is 24.8. The van der Waals surface area contributed by atoms with Crippen molar-refractivity contribution in [1.82, 2.24) is 0 Å². The Kier molecular flexibility index (Phi) is 83.7. The number of hydrogen-bond donors (Lipinski definition) is 2. The maximum absolute atomic E-state index is 11.3. The van der Waals surface area contributed by atoms with Crippen molar-refractivity contribution >= 4 is 139 Å². The Labute approximate surface area is 749 Å². The Morgan fingerprint density at radius 1 is 0.405 bits per heavy atom. The maximum atomic E-state index is 11.3. The Morgan fingerprint density at radius 2 is 0.620 bits per heavy atom. The highest BCUT2D eigenvalue weighted by atomic mass is 36.0. The topological polar surface area (TPSA) is 238 Å². The Morgan fingerprint density at radius 3 is 0.835 bits per heavy atom. The van der Waals surface area contributed by atoms with Crippen molar-refractivity contribution in [2.75, 3.05) is 18.2 Å². The summed E-state index contributed by atoms with van der Waals surface area (Å²) in [5.41, 5.74) is 0. The third-order valence-corrected chi connectivity index (χ3v) is 12.7. The molecule has 17 nitrogen and oxygen atoms in total. The fourth-order valence-electron chi connectivity index (χ4n) is 6.31. The van der Waals surface area contributed by atoms with E-state index in [1.54, 1.807) is 141 Å². The average molecular weight is 1820 g/mol. The zero-order valence-electron chi connectivity index (χ0n) is 69.1. The summed E-state index contributed by atoms with van der Waals surface area (Å²) >= 11 is 15.3. The van der Waals surface area contributed by atoms with Crippen molar-refractivity contribution in [2.24, 2.45) is 0 Å². The molecule has 6 rings (SSSR count). The molecule has 0 amide bonds. The van der Waals surface area contributed by atoms with Crippen LogP contribution < -0.4 is 28.4 Å². The molecule has 121 heavy (non-hydrogen) atoms. The number of hydrogen-bond acceptors (Lipinski definition) is 18. The van der Waals surface area contributed by atoms with Gasteiger partial charge < -0.3 is 42.7 Å². The van der Waals surface area contributed by atoms with Crippen molar-refractivity contribution in [1.29, 1.82) is 0 Å². The Hall–Kier alpha value is -11.0. The highest BCUT2D eigenvalue weighted by molar-refractivity contribution is 8.26. The summed E-state index contributed by atoms with van der Waals surface area (Å²) in [5.74, 6) is 5.31. The van der Waals surface area contributed by atoms with E-state index in [0.29, 0.717) is 12.0 Å². The van der Waals surface area contributed by atoms with E-state index in [1.165, 1.54) is 71.3 Å². The van der Waals surface area contributed by atoms with E-state index in [-0.39, 0.29) is 58.2 Å². The predicted molar refractivity (Wildman–Crippen MR) is 516 cm³/mol. The van der Waals surface area contributed by atoms with E-state index in [1.807, 2.05) is 212 Å². The molecule has 0 aliphatic carbocycles. The lowest BCUT2D eigenvalue weighted by Gasteiger charge is -2.18. The highest BCUT2D eigenvalue weighted by Crippen LogP contribution is 2.14. The minimum Gasteiger partial charge on any atom is -0.545 e. The number of allylic oxidation sites excluding steroid dienone is 27. The van der Waals surface area contributed by atoms with Gasteiger partial charge in [-0.15, -0.1) is 24.2 Å². The van der Waals surface area contributed by atoms with E-state index < -0.39 is 31.5 Å². The first-order valence-electron chi connectivity index (χ1n) is 36.2. The summed E-state index contributed by atoms with van der Waals surface area (Å²) in [4.78, 5) is 82.6. The maximum Gasteiger partial charge on any atom is 0.242 e. The van der Waals surface area contributed by atoms with Crippen molar-refractivity contribution in [3.63, 3.8) is 0 Å². The number of aldehydes is 1. The molecular weight excluding hydrogens is 1710 g/mol. The minimum absolute atomic E-state index is 0. The third kappa shape index (κ3) is 107. The second-order valence-corrected chi connectivity index (χ2v) is 40.8. The Balaban J connectivity index is -0.000000428. The first kappa shape index (κ1) is 119. The van der Waals surface area contributed by atoms with Crippen molar-refractivity contribution in [3.05, 3.63) is 402 Å². The molecule has 0 fully saturated rings. The summed E-state index contributed by atoms with van der Waals surface area (Å²) in [5, 5.41) is 8.25. The summed E-state index contributed by atoms with van der Waals surface area (Å²) in [6.45, 7) is 23.5. The van der Waals surface area contributed by atoms with Gasteiger partial charge in [0.15, 0.2) is 33.4 Å². The van der Waals surface area contributed by atoms with Crippen molar-refractivity contribution < 1.29 is 80.5 Å². The molecular formula is C95H112Cl4O17S3Si2. The van der Waals surface area contributed by atoms with Crippen LogP contribution in [-0.4, -0.2) is 88.7 Å². The molecule has 26 heteroatoms. The molecule has 6 aromatic carbocycles. The average Bonchev–Trinajstić information content (AvgIpc) is 1.02. The van der Waals surface area contributed by atoms with Gasteiger partial charge in [0.1, 0.15) is 60.6 Å². The monoisotopic (exact) mass is 1820 g/mol. The third-order valence-electron chi connectivity index (χ3n) is 10.7. The van der Waals surface area contributed by atoms with Gasteiger partial charge in [-0.1, -0.05) is 252 Å². The molecule has 0 saturated carbocycles. The van der Waals surface area contributed by atoms with E-state index in [4.69, 9.17) is 64.8 Å². The lowest BCUT2D eigenvalue weighted by molar-refractivity contribution is -0.117. The van der Waals surface area contributed by atoms with Crippen molar-refractivity contribution in [2.45, 2.75) is 81.3 Å². The first-order valence-corrected chi connectivity index (χ1v) is 48.9. The second-order valence-electron chi connectivity index (χ2n) is 24.2. The number of halogens is 4. The van der Waals surface area contributed by atoms with E-state index in [9.17, 15) is 38.4 Å². The minimum atomic E-state index is -1.67. The second kappa shape index (κ2) is 85.4. The van der Waals surface area contributed by atoms with Crippen LogP contribution in [0, 0.1) is 0 Å². The standard InChI is InChI=1S/C17H22O2Si.C16H16O3S.C14H13ClO2.C14H14O3.C14H14O2.C11H10O2.C3H9ClSi.C3H6O.C2H4OS.CH4.Cl2OS/c1-16(19-20(2,3)4)12-8-5-6-11-15-18-17-13-9-7-10-14-17;1-14(17)20-13-15(18)9-5-2-3-8-12-19-16-10-6-4-7-11-16;2*15-12-13(16)8-4-1-2-7-11-17-14-9-5-3-6-10-14;1-13(15)9-5-2-3-8-12-16-14-10-6-4-7-11-14;12-9-5-2-6-10-13-11-7-3-1-4-8-11;1-5(2,3)4;1-3(2)4;1-2(3)4;;1-4(2)3/h5-15H,1H2,2-4H3;2-12H,13H2,1H3;1-11H,12H2;1-11,15H,12H2;2-12H,1H3;1-10H;1-3H3;1-2H3;1H3,(H,3,4);1H4;/b6-5+,12-8+,15-11+;3-2+,9-5+,12-8+;2*2-1+,8-4+,11-7+;3-2+,9-5+,12-8+;5-2+,10-6+;;;;;. The zero-order valence-corrected chi connectivity index (χ0v) is 76.7. The van der Waals surface area contributed by atoms with Gasteiger partial charge in [-0.25, -0.2) is 4.21 Å². The molecule has 0 radical (unpaired) electrons. The molecule has 6 aromatic rings. The lowest BCUT2D eigenvalue weighted by atomic mass is 10.3. The first-order chi connectivity index (χ1) is 57.2. The molecule has 648 valence electrons. The number of para-hydroxylation sites is 6. The van der Waals surface area contributed by atoms with E-state index in [2.05, 4.69) is 79.9 Å². The van der Waals surface area contributed by atoms with Crippen LogP contribution in [0.5, 0.6) is 34.5 Å². The smallest absolute Gasteiger partial charge is 0.242 e. The number of carbonyl (C=O) groups is 8. The highest BCUT2D eigenvalue weighted by Gasteiger charge is 2.15. The number of thioether (sulfide) groups is 1. The van der Waals surface area contributed by atoms with E-state index >= 15 is 0 Å². The quantitative estimate of drug-likeness (QED) is 0.00433. The molecule has 0 heterocycles. The number of alkyl halides is 1. The molecule has 0 saturated heterocycles. The SMILES string of the molecule is C.C=C(/C=C/C=C/C=C/Oc1ccccc1)O[Si](C)(C)C.CC(=O)/C=C/C=C/C=C/Oc1ccccc1.CC(=O)S.CC(=O)SCC(=O)/C=C/C=C/C=C/Oc1ccccc1.CC(C)=O.C[Si](C)(C)Cl.O=C(/C=C/C=C/C=C/Oc1ccccc1)CCl.O=C(/C=C/C=C/C=C/Oc1ccccc1)CO.O=C/C=C/C=C/Oc1ccccc1.O=S(Cl)Cl. The van der Waals surface area contributed by atoms with Gasteiger partial charge in [0, 0.05) is 35.2 Å². The molecule has 1 N–H and O–H groups in total. The molecule has 0 aliphatic heterocycles. The fraction of sp³-hybridized carbons (Fsp3) is 0.158. The fourth-order valence-corrected chi connectivity index (χ4v) is 7.70. The van der Waals surface area contributed by atoms with E-state index in [0.717, 1.165) is 46.3 Å². The van der Waals surface area contributed by atoms with Crippen molar-refractivity contribution in [3.8, 4) is 34.5 Å². The number of aliphatic hydroxyl groups excluding tert-OH is 1. The largest absolute Gasteiger partial charge is 0.545 e. The molecule has 0 aliphatic rings. The number of thiol groups is 1. The number of Topliss-reactive ketones (excluding diaryl/α,β-unsaturated/α-hetero) is 1. The summed E-state index contributed by atoms with van der Waals surface area (Å²) < 4.78 is 46.7. The number of carbonyl (C=O) groups excluding carboxylic acids is 8. The van der Waals surface area contributed by atoms with Gasteiger partial charge in [-0.05, 0) is 186 Å². The van der Waals surface area contributed by atoms with Gasteiger partial charge in [0.2, 0.25) is 17.5 Å². The number of ether oxygens (including phenoxy) is 6. The van der Waals surface area contributed by atoms with Gasteiger partial charge in [-0.2, -0.15) is 11.1 Å². The van der Waals surface area contributed by atoms with Crippen LogP contribution in [0.2, 0.25) is 39.3 Å². The summed E-state index contributed by atoms with van der Waals surface area (Å²) in [6.07, 6.45) is 57.3. The van der Waals surface area contributed by atoms with Gasteiger partial charge >= 0.3 is 0 Å². The zero-order chi connectivity index (χ0) is 90.4. The molecule has 0 unspecified atom stereocenters. The van der Waals surface area contributed by atoms with Crippen LogP contribution >= 0.6 is 68.4 Å². The number of aliphatic hydroxyl groups is 1. The van der Waals surface area contributed by atoms with Gasteiger partial charge in [0.25, 0.3) is 0 Å². The van der Waals surface area contributed by atoms with Crippen LogP contribution in [0.3, 0.4) is 0 Å². The molecule has 0 spiro atoms. The Bertz CT molecular complexity index is 4210. The summed E-state index contributed by atoms with van der Waals surface area (Å²) in [7, 11) is 4.67. The van der Waals surface area contributed by atoms with Crippen LogP contribution in [0.25, 0.3) is 0 Å². The molecule has 0 aromatic heterocycles.